The highest BCUT2D eigenvalue weighted by molar-refractivity contribution is 5.97. The Morgan fingerprint density at radius 1 is 0.525 bits per heavy atom. The van der Waals surface area contributed by atoms with E-state index in [0.29, 0.717) is 11.1 Å². The van der Waals surface area contributed by atoms with Gasteiger partial charge in [0.2, 0.25) is 23.6 Å². The average Bonchev–Trinajstić information content (AvgIpc) is 3.79. The number of hydrogen-bond acceptors (Lipinski definition) is 12. The predicted octanol–water partition coefficient (Wildman–Crippen LogP) is 8.40. The minimum Gasteiger partial charge on any atom is -0.460 e. The smallest absolute Gasteiger partial charge is 0.407 e. The van der Waals surface area contributed by atoms with Crippen LogP contribution in [0.2, 0.25) is 0 Å². The van der Waals surface area contributed by atoms with Crippen molar-refractivity contribution in [2.75, 3.05) is 6.61 Å². The van der Waals surface area contributed by atoms with Gasteiger partial charge in [0.1, 0.15) is 54.6 Å². The summed E-state index contributed by atoms with van der Waals surface area (Å²) in [5.41, 5.74) is 4.57. The normalized spacial score (nSPS) is 13.9. The number of benzene rings is 5. The van der Waals surface area contributed by atoms with Crippen molar-refractivity contribution >= 4 is 47.6 Å². The highest BCUT2D eigenvalue weighted by atomic mass is 16.6. The number of esters is 3. The molecule has 0 aliphatic heterocycles. The number of ether oxygens (including phenoxy) is 4. The van der Waals surface area contributed by atoms with E-state index in [0.717, 1.165) is 33.4 Å². The Bertz CT molecular complexity index is 2920. The molecule has 80 heavy (non-hydrogen) atoms. The van der Waals surface area contributed by atoms with Crippen molar-refractivity contribution in [1.29, 1.82) is 0 Å². The van der Waals surface area contributed by atoms with Crippen molar-refractivity contribution in [2.45, 2.75) is 148 Å². The molecule has 6 rings (SSSR count). The maximum atomic E-state index is 14.9. The van der Waals surface area contributed by atoms with Crippen molar-refractivity contribution in [3.05, 3.63) is 167 Å². The first kappa shape index (κ1) is 60.9. The molecular formula is C63H75N5O12. The highest BCUT2D eigenvalue weighted by Gasteiger charge is 2.37. The van der Waals surface area contributed by atoms with Crippen LogP contribution in [0.15, 0.2) is 133 Å². The summed E-state index contributed by atoms with van der Waals surface area (Å²) < 4.78 is 22.5. The van der Waals surface area contributed by atoms with E-state index >= 15 is 0 Å². The van der Waals surface area contributed by atoms with Gasteiger partial charge in [-0.2, -0.15) is 0 Å². The van der Waals surface area contributed by atoms with E-state index in [4.69, 9.17) is 18.9 Å². The lowest BCUT2D eigenvalue weighted by Gasteiger charge is -2.28. The molecule has 0 fully saturated rings. The summed E-state index contributed by atoms with van der Waals surface area (Å²) in [6, 6.07) is 33.0. The van der Waals surface area contributed by atoms with Gasteiger partial charge in [0.05, 0.1) is 6.42 Å². The molecule has 1 aliphatic carbocycles. The Labute approximate surface area is 468 Å². The van der Waals surface area contributed by atoms with Gasteiger partial charge in [-0.15, -0.1) is 0 Å². The second-order valence-electron chi connectivity index (χ2n) is 22.3. The summed E-state index contributed by atoms with van der Waals surface area (Å²) in [6.07, 6.45) is -2.34. The zero-order valence-electron chi connectivity index (χ0n) is 47.1. The van der Waals surface area contributed by atoms with Crippen molar-refractivity contribution in [3.63, 3.8) is 0 Å². The number of rotatable bonds is 24. The van der Waals surface area contributed by atoms with E-state index in [9.17, 15) is 38.4 Å². The first-order chi connectivity index (χ1) is 37.9. The number of alkyl carbamates (subject to hydrolysis) is 1. The maximum Gasteiger partial charge on any atom is 0.407 e. The lowest BCUT2D eigenvalue weighted by atomic mass is 9.98. The standard InChI is InChI=1S/C63H75N5O12/c1-39(2)34-52(60(75)77-37-41-23-12-10-13-24-41)66-59(74)55(42-25-14-11-15-26-42)68-58(73)50(35-43-27-17-16-22-40(43)3)65-56(71)49(32-33-53(69)79-62(4,5)6)64-57(72)51(36-54(70)80-63(7,8)9)67-61(76)78-38-48-46-30-20-18-28-44(46)45-29-19-21-31-47(45)48/h10-31,39,48-52,55H,32-38H2,1-9H3,(H,64,72)(H,65,71)(H,66,74)(H,67,76)(H,68,73)/t49-,50-,51-,52-,55-/m0/s1. The fourth-order valence-electron chi connectivity index (χ4n) is 9.24. The molecule has 5 amide bonds. The van der Waals surface area contributed by atoms with Crippen molar-refractivity contribution in [2.24, 2.45) is 5.92 Å². The first-order valence-electron chi connectivity index (χ1n) is 27.0. The average molecular weight is 1090 g/mol. The Balaban J connectivity index is 1.27. The summed E-state index contributed by atoms with van der Waals surface area (Å²) in [5, 5.41) is 13.5. The molecule has 5 atom stereocenters. The second-order valence-corrected chi connectivity index (χ2v) is 22.3. The van der Waals surface area contributed by atoms with Crippen LogP contribution in [0.4, 0.5) is 4.79 Å². The summed E-state index contributed by atoms with van der Waals surface area (Å²) >= 11 is 0. The van der Waals surface area contributed by atoms with E-state index in [-0.39, 0.29) is 50.7 Å². The molecule has 17 nitrogen and oxygen atoms in total. The van der Waals surface area contributed by atoms with Gasteiger partial charge in [-0.3, -0.25) is 28.8 Å². The number of aryl methyl sites for hydroxylation is 1. The number of nitrogens with one attached hydrogen (secondary N) is 5. The lowest BCUT2D eigenvalue weighted by Crippen LogP contribution is -2.58. The van der Waals surface area contributed by atoms with Gasteiger partial charge in [0, 0.05) is 18.8 Å². The molecule has 424 valence electrons. The topological polar surface area (TPSA) is 234 Å². The molecule has 1 aliphatic rings. The van der Waals surface area contributed by atoms with Crippen molar-refractivity contribution in [1.82, 2.24) is 26.6 Å². The third kappa shape index (κ3) is 18.4. The van der Waals surface area contributed by atoms with Crippen LogP contribution in [0.1, 0.15) is 126 Å². The quantitative estimate of drug-likeness (QED) is 0.0290. The van der Waals surface area contributed by atoms with E-state index in [1.807, 2.05) is 112 Å². The maximum absolute atomic E-state index is 14.9. The van der Waals surface area contributed by atoms with Gasteiger partial charge >= 0.3 is 24.0 Å². The van der Waals surface area contributed by atoms with Crippen LogP contribution >= 0.6 is 0 Å². The number of fused-ring (bicyclic) bond motifs is 3. The van der Waals surface area contributed by atoms with E-state index in [2.05, 4.69) is 26.6 Å². The van der Waals surface area contributed by atoms with Crippen LogP contribution in [-0.4, -0.2) is 89.6 Å². The number of carbonyl (C=O) groups is 8. The minimum absolute atomic E-state index is 0.0258. The molecule has 0 saturated heterocycles. The molecule has 0 bridgehead atoms. The monoisotopic (exact) mass is 1090 g/mol. The van der Waals surface area contributed by atoms with Gasteiger partial charge in [-0.25, -0.2) is 9.59 Å². The summed E-state index contributed by atoms with van der Waals surface area (Å²) in [4.78, 5) is 113. The molecule has 0 radical (unpaired) electrons. The molecule has 0 saturated carbocycles. The zero-order chi connectivity index (χ0) is 58.1. The third-order valence-electron chi connectivity index (χ3n) is 13.0. The number of carbonyl (C=O) groups excluding carboxylic acids is 8. The van der Waals surface area contributed by atoms with Gasteiger partial charge < -0.3 is 45.5 Å². The van der Waals surface area contributed by atoms with Crippen LogP contribution in [0.3, 0.4) is 0 Å². The third-order valence-corrected chi connectivity index (χ3v) is 13.0. The summed E-state index contributed by atoms with van der Waals surface area (Å²) in [7, 11) is 0. The van der Waals surface area contributed by atoms with Crippen molar-refractivity contribution in [3.8, 4) is 11.1 Å². The van der Waals surface area contributed by atoms with Crippen LogP contribution in [0.25, 0.3) is 11.1 Å². The molecule has 5 aromatic carbocycles. The lowest BCUT2D eigenvalue weighted by molar-refractivity contribution is -0.156. The summed E-state index contributed by atoms with van der Waals surface area (Å²) in [5.74, 6) is -6.06. The van der Waals surface area contributed by atoms with E-state index in [1.54, 1.807) is 84.0 Å². The highest BCUT2D eigenvalue weighted by Crippen LogP contribution is 2.44. The zero-order valence-corrected chi connectivity index (χ0v) is 47.1. The fraction of sp³-hybridized carbons (Fsp3) is 0.397. The van der Waals surface area contributed by atoms with Crippen LogP contribution in [-0.2, 0) is 65.5 Å². The number of amides is 5. The van der Waals surface area contributed by atoms with Gasteiger partial charge in [0.25, 0.3) is 0 Å². The molecule has 0 aromatic heterocycles. The fourth-order valence-corrected chi connectivity index (χ4v) is 9.24. The predicted molar refractivity (Wildman–Crippen MR) is 301 cm³/mol. The molecule has 0 spiro atoms. The molecule has 5 aromatic rings. The van der Waals surface area contributed by atoms with Gasteiger partial charge in [-0.05, 0) is 112 Å². The molecule has 17 heteroatoms. The van der Waals surface area contributed by atoms with Crippen LogP contribution in [0.5, 0.6) is 0 Å². The Kier molecular flexibility index (Phi) is 21.3. The molecule has 5 N–H and O–H groups in total. The van der Waals surface area contributed by atoms with Crippen LogP contribution in [0, 0.1) is 12.8 Å². The number of hydrogen-bond donors (Lipinski definition) is 5. The first-order valence-corrected chi connectivity index (χ1v) is 27.0. The summed E-state index contributed by atoms with van der Waals surface area (Å²) in [6.45, 7) is 15.4. The van der Waals surface area contributed by atoms with E-state index < -0.39 is 95.5 Å². The second kappa shape index (κ2) is 28.0. The molecular weight excluding hydrogens is 1020 g/mol. The minimum atomic E-state index is -1.66. The van der Waals surface area contributed by atoms with Crippen molar-refractivity contribution < 1.29 is 57.3 Å². The largest absolute Gasteiger partial charge is 0.460 e. The Hall–Kier alpha value is -8.34. The SMILES string of the molecule is Cc1ccccc1C[C@H](NC(=O)[C@H](CCC(=O)OC(C)(C)C)NC(=O)[C@H](CC(=O)OC(C)(C)C)NC(=O)OCC1c2ccccc2-c2ccccc21)C(=O)N[C@H](C(=O)N[C@@H](CC(C)C)C(=O)OCc1ccccc1)c1ccccc1. The van der Waals surface area contributed by atoms with Gasteiger partial charge in [-0.1, -0.05) is 147 Å². The van der Waals surface area contributed by atoms with E-state index in [1.165, 1.54) is 0 Å². The van der Waals surface area contributed by atoms with Crippen LogP contribution < -0.4 is 26.6 Å². The molecule has 0 heterocycles. The Morgan fingerprint density at radius 2 is 1.04 bits per heavy atom. The van der Waals surface area contributed by atoms with Gasteiger partial charge in [0.15, 0.2) is 0 Å². The Morgan fingerprint density at radius 3 is 1.64 bits per heavy atom. The molecule has 0 unspecified atom stereocenters.